The number of carbonyl (C=O) groups excluding carboxylic acids is 1. The maximum Gasteiger partial charge on any atom is 0.247 e. The van der Waals surface area contributed by atoms with Gasteiger partial charge in [-0.15, -0.1) is 0 Å². The number of likely N-dealkylation sites (N-methyl/N-ethyl adjacent to an activating group) is 2. The highest BCUT2D eigenvalue weighted by Crippen LogP contribution is 2.36. The van der Waals surface area contributed by atoms with Gasteiger partial charge in [0.25, 0.3) is 0 Å². The van der Waals surface area contributed by atoms with Crippen molar-refractivity contribution in [3.05, 3.63) is 84.4 Å². The Hall–Kier alpha value is -4.21. The normalized spacial score (nSPS) is 15.2. The lowest BCUT2D eigenvalue weighted by Gasteiger charge is -2.29. The molecule has 2 N–H and O–H groups in total. The quantitative estimate of drug-likeness (QED) is 0.276. The van der Waals surface area contributed by atoms with Crippen LogP contribution in [-0.2, 0) is 11.4 Å². The molecule has 200 valence electrons. The van der Waals surface area contributed by atoms with Crippen LogP contribution in [0, 0.1) is 0 Å². The van der Waals surface area contributed by atoms with E-state index in [9.17, 15) is 4.79 Å². The van der Waals surface area contributed by atoms with E-state index in [-0.39, 0.29) is 5.91 Å². The zero-order chi connectivity index (χ0) is 27.4. The topological polar surface area (TPSA) is 95.5 Å². The summed E-state index contributed by atoms with van der Waals surface area (Å²) in [5.74, 6) is 0.856. The Bertz CT molecular complexity index is 1500. The highest BCUT2D eigenvalue weighted by Gasteiger charge is 2.26. The molecule has 39 heavy (non-hydrogen) atoms. The molecule has 0 saturated carbocycles. The van der Waals surface area contributed by atoms with Gasteiger partial charge in [0.05, 0.1) is 27.6 Å². The van der Waals surface area contributed by atoms with Crippen molar-refractivity contribution in [2.75, 3.05) is 42.7 Å². The Morgan fingerprint density at radius 2 is 2.10 bits per heavy atom. The maximum atomic E-state index is 12.3. The molecule has 1 unspecified atom stereocenters. The summed E-state index contributed by atoms with van der Waals surface area (Å²) in [5, 5.41) is 7.51. The first-order chi connectivity index (χ1) is 18.9. The number of hydrogen-bond donors (Lipinski definition) is 2. The van der Waals surface area contributed by atoms with Gasteiger partial charge in [0.1, 0.15) is 24.5 Å². The van der Waals surface area contributed by atoms with E-state index in [1.807, 2.05) is 43.4 Å². The van der Waals surface area contributed by atoms with Crippen molar-refractivity contribution in [1.82, 2.24) is 19.9 Å². The van der Waals surface area contributed by atoms with Crippen LogP contribution in [0.25, 0.3) is 10.9 Å². The molecule has 1 saturated heterocycles. The van der Waals surface area contributed by atoms with Gasteiger partial charge in [0.15, 0.2) is 0 Å². The lowest BCUT2D eigenvalue weighted by Crippen LogP contribution is -2.34. The molecule has 5 rings (SSSR count). The number of halogens is 1. The van der Waals surface area contributed by atoms with Crippen molar-refractivity contribution in [2.45, 2.75) is 19.1 Å². The number of nitrogens with zero attached hydrogens (tertiary/aromatic N) is 5. The fourth-order valence-corrected chi connectivity index (χ4v) is 4.89. The van der Waals surface area contributed by atoms with E-state index < -0.39 is 0 Å². The van der Waals surface area contributed by atoms with Gasteiger partial charge in [0.2, 0.25) is 5.91 Å². The lowest BCUT2D eigenvalue weighted by atomic mass is 10.1. The van der Waals surface area contributed by atoms with Gasteiger partial charge in [-0.05, 0) is 68.6 Å². The number of ether oxygens (including phenoxy) is 1. The molecule has 0 spiro atoms. The molecule has 0 aliphatic carbocycles. The van der Waals surface area contributed by atoms with Crippen molar-refractivity contribution in [3.8, 4) is 5.75 Å². The van der Waals surface area contributed by atoms with Gasteiger partial charge >= 0.3 is 0 Å². The molecule has 0 radical (unpaired) electrons. The monoisotopic (exact) mass is 543 g/mol. The summed E-state index contributed by atoms with van der Waals surface area (Å²) >= 11 is 6.52. The van der Waals surface area contributed by atoms with Crippen molar-refractivity contribution in [2.24, 2.45) is 0 Å². The molecule has 2 aromatic heterocycles. The molecular weight excluding hydrogens is 514 g/mol. The summed E-state index contributed by atoms with van der Waals surface area (Å²) in [5.41, 5.74) is 3.85. The minimum absolute atomic E-state index is 0.285. The zero-order valence-corrected chi connectivity index (χ0v) is 22.7. The molecule has 0 bridgehead atoms. The third-order valence-corrected chi connectivity index (χ3v) is 7.08. The fraction of sp³-hybridized carbons (Fsp3) is 0.241. The summed E-state index contributed by atoms with van der Waals surface area (Å²) in [6, 6.07) is 15.3. The second-order valence-electron chi connectivity index (χ2n) is 9.50. The number of benzene rings is 2. The van der Waals surface area contributed by atoms with Crippen LogP contribution in [0.1, 0.15) is 12.1 Å². The standard InChI is InChI=1S/C29H30ClN7O2/c1-4-28(38)35-25-14-22-24(15-26(25)37(3)21-10-12-36(2)16-21)32-18-33-29(22)34-19-8-9-27(23(30)13-19)39-17-20-7-5-6-11-31-20/h4-9,11,13-15,18,21H,1,10,12,16-17H2,2-3H3,(H,35,38)(H,32,33,34). The molecule has 1 fully saturated rings. The largest absolute Gasteiger partial charge is 0.486 e. The average molecular weight is 544 g/mol. The van der Waals surface area contributed by atoms with E-state index >= 15 is 0 Å². The summed E-state index contributed by atoms with van der Waals surface area (Å²) in [6.45, 7) is 5.90. The van der Waals surface area contributed by atoms with Gasteiger partial charge < -0.3 is 25.2 Å². The smallest absolute Gasteiger partial charge is 0.247 e. The Morgan fingerprint density at radius 3 is 2.82 bits per heavy atom. The van der Waals surface area contributed by atoms with E-state index in [1.165, 1.54) is 12.4 Å². The summed E-state index contributed by atoms with van der Waals surface area (Å²) < 4.78 is 5.84. The molecule has 4 aromatic rings. The Labute approximate surface area is 232 Å². The number of fused-ring (bicyclic) bond motifs is 1. The van der Waals surface area contributed by atoms with Crippen LogP contribution < -0.4 is 20.3 Å². The van der Waals surface area contributed by atoms with Crippen LogP contribution in [0.3, 0.4) is 0 Å². The van der Waals surface area contributed by atoms with Gasteiger partial charge in [-0.1, -0.05) is 24.2 Å². The maximum absolute atomic E-state index is 12.3. The van der Waals surface area contributed by atoms with Crippen molar-refractivity contribution in [1.29, 1.82) is 0 Å². The highest BCUT2D eigenvalue weighted by atomic mass is 35.5. The van der Waals surface area contributed by atoms with Gasteiger partial charge in [-0.2, -0.15) is 0 Å². The molecule has 9 nitrogen and oxygen atoms in total. The molecule has 1 amide bonds. The first-order valence-electron chi connectivity index (χ1n) is 12.6. The third-order valence-electron chi connectivity index (χ3n) is 6.79. The van der Waals surface area contributed by atoms with E-state index in [0.29, 0.717) is 34.9 Å². The van der Waals surface area contributed by atoms with Gasteiger partial charge in [0, 0.05) is 36.9 Å². The predicted molar refractivity (Wildman–Crippen MR) is 156 cm³/mol. The van der Waals surface area contributed by atoms with Crippen molar-refractivity contribution >= 4 is 51.3 Å². The minimum Gasteiger partial charge on any atom is -0.486 e. The second-order valence-corrected chi connectivity index (χ2v) is 9.90. The van der Waals surface area contributed by atoms with Gasteiger partial charge in [-0.25, -0.2) is 9.97 Å². The predicted octanol–water partition coefficient (Wildman–Crippen LogP) is 5.27. The Balaban J connectivity index is 1.42. The molecule has 3 heterocycles. The van der Waals surface area contributed by atoms with Crippen molar-refractivity contribution in [3.63, 3.8) is 0 Å². The van der Waals surface area contributed by atoms with Crippen LogP contribution in [-0.4, -0.2) is 59.0 Å². The number of nitrogens with one attached hydrogen (secondary N) is 2. The van der Waals surface area contributed by atoms with E-state index in [0.717, 1.165) is 47.5 Å². The third kappa shape index (κ3) is 6.10. The highest BCUT2D eigenvalue weighted by molar-refractivity contribution is 6.32. The number of amides is 1. The van der Waals surface area contributed by atoms with Crippen LogP contribution in [0.4, 0.5) is 22.9 Å². The number of anilines is 4. The number of rotatable bonds is 9. The molecular formula is C29H30ClN7O2. The van der Waals surface area contributed by atoms with Crippen molar-refractivity contribution < 1.29 is 9.53 Å². The molecule has 1 aliphatic rings. The second kappa shape index (κ2) is 11.7. The summed E-state index contributed by atoms with van der Waals surface area (Å²) in [6.07, 6.45) is 5.55. The van der Waals surface area contributed by atoms with E-state index in [1.54, 1.807) is 18.3 Å². The first-order valence-corrected chi connectivity index (χ1v) is 13.0. The van der Waals surface area contributed by atoms with Crippen LogP contribution in [0.2, 0.25) is 5.02 Å². The van der Waals surface area contributed by atoms with E-state index in [4.69, 9.17) is 16.3 Å². The molecule has 2 aromatic carbocycles. The van der Waals surface area contributed by atoms with Crippen LogP contribution in [0.5, 0.6) is 5.75 Å². The number of likely N-dealkylation sites (tertiary alicyclic amines) is 1. The summed E-state index contributed by atoms with van der Waals surface area (Å²) in [7, 11) is 4.17. The number of pyridine rings is 1. The Kier molecular flexibility index (Phi) is 7.90. The summed E-state index contributed by atoms with van der Waals surface area (Å²) in [4.78, 5) is 30.1. The average Bonchev–Trinajstić information content (AvgIpc) is 3.39. The zero-order valence-electron chi connectivity index (χ0n) is 21.9. The number of carbonyl (C=O) groups is 1. The molecule has 1 atom stereocenters. The molecule has 10 heteroatoms. The Morgan fingerprint density at radius 1 is 1.23 bits per heavy atom. The van der Waals surface area contributed by atoms with Crippen LogP contribution in [0.15, 0.2) is 73.7 Å². The lowest BCUT2D eigenvalue weighted by molar-refractivity contribution is -0.111. The number of hydrogen-bond acceptors (Lipinski definition) is 8. The van der Waals surface area contributed by atoms with Crippen LogP contribution >= 0.6 is 11.6 Å². The van der Waals surface area contributed by atoms with Gasteiger partial charge in [-0.3, -0.25) is 9.78 Å². The minimum atomic E-state index is -0.285. The fourth-order valence-electron chi connectivity index (χ4n) is 4.66. The first kappa shape index (κ1) is 26.4. The van der Waals surface area contributed by atoms with E-state index in [2.05, 4.69) is 49.0 Å². The molecule has 1 aliphatic heterocycles. The SMILES string of the molecule is C=CC(=O)Nc1cc2c(Nc3ccc(OCc4ccccn4)c(Cl)c3)ncnc2cc1N(C)C1CCN(C)C1. The number of aromatic nitrogens is 3.